The number of nitrogens with two attached hydrogens (primary N) is 1. The van der Waals surface area contributed by atoms with Crippen LogP contribution in [0.3, 0.4) is 0 Å². The van der Waals surface area contributed by atoms with Crippen LogP contribution in [0.15, 0.2) is 12.5 Å². The molecular weight excluding hydrogens is 783 g/mol. The Morgan fingerprint density at radius 1 is 0.672 bits per heavy atom. The molecule has 15 heteroatoms. The monoisotopic (exact) mass is 866 g/mol. The fourth-order valence-corrected chi connectivity index (χ4v) is 7.05. The first kappa shape index (κ1) is 55.8. The molecule has 0 saturated carbocycles. The number of rotatable bonds is 45. The molecule has 352 valence electrons. The van der Waals surface area contributed by atoms with Gasteiger partial charge in [-0.05, 0) is 32.1 Å². The van der Waals surface area contributed by atoms with Crippen molar-refractivity contribution in [1.29, 1.82) is 0 Å². The first-order valence-corrected chi connectivity index (χ1v) is 23.5. The maximum absolute atomic E-state index is 12.7. The van der Waals surface area contributed by atoms with Gasteiger partial charge in [-0.2, -0.15) is 0 Å². The Balaban J connectivity index is 1.86. The number of unbranched alkanes of at least 4 members (excludes halogenated alkanes) is 15. The van der Waals surface area contributed by atoms with Crippen LogP contribution in [0.1, 0.15) is 161 Å². The van der Waals surface area contributed by atoms with Crippen molar-refractivity contribution >= 4 is 29.4 Å². The van der Waals surface area contributed by atoms with Crippen molar-refractivity contribution in [2.75, 3.05) is 65.9 Å². The first-order chi connectivity index (χ1) is 29.6. The molecule has 1 aromatic rings. The molecule has 1 aromatic heterocycles. The molecule has 1 heterocycles. The first-order valence-electron chi connectivity index (χ1n) is 23.5. The zero-order chi connectivity index (χ0) is 44.6. The van der Waals surface area contributed by atoms with Crippen molar-refractivity contribution in [2.45, 2.75) is 168 Å². The van der Waals surface area contributed by atoms with E-state index < -0.39 is 23.8 Å². The van der Waals surface area contributed by atoms with Gasteiger partial charge in [0.15, 0.2) is 5.78 Å². The number of imidazole rings is 1. The van der Waals surface area contributed by atoms with E-state index in [1.165, 1.54) is 89.8 Å². The summed E-state index contributed by atoms with van der Waals surface area (Å²) < 4.78 is 21.6. The number of hydrogen-bond donors (Lipinski definition) is 5. The Bertz CT molecular complexity index is 1250. The standard InChI is InChI=1S/C46H83N5O10/c1-3-4-5-6-7-8-9-10-11-12-13-14-15-16-17-22-41(52)23-20-26-58-28-30-60-36-44(54)50-25-27-59-29-31-61-35-43(53)49-24-19-18-21-39(46(56)57)32-38(2)45(55)42(47)33-40-34-48-37-51-40/h34,37-39,42H,3-33,35-36,47H2,1-2H3,(H,48,51)(H,49,53)(H,50,54)(H,56,57)/t38?,39-,42+/m1/s1. The fourth-order valence-electron chi connectivity index (χ4n) is 7.05. The molecule has 61 heavy (non-hydrogen) atoms. The van der Waals surface area contributed by atoms with Crippen LogP contribution in [-0.4, -0.2) is 116 Å². The zero-order valence-electron chi connectivity index (χ0n) is 37.9. The average molecular weight is 866 g/mol. The maximum Gasteiger partial charge on any atom is 0.306 e. The summed E-state index contributed by atoms with van der Waals surface area (Å²) in [4.78, 5) is 67.5. The van der Waals surface area contributed by atoms with Crippen molar-refractivity contribution in [1.82, 2.24) is 20.6 Å². The largest absolute Gasteiger partial charge is 0.481 e. The van der Waals surface area contributed by atoms with E-state index in [9.17, 15) is 29.1 Å². The summed E-state index contributed by atoms with van der Waals surface area (Å²) in [5.74, 6) is -2.53. The van der Waals surface area contributed by atoms with E-state index in [0.717, 1.165) is 18.5 Å². The molecule has 0 spiro atoms. The van der Waals surface area contributed by atoms with Crippen LogP contribution in [0.4, 0.5) is 0 Å². The van der Waals surface area contributed by atoms with E-state index in [1.54, 1.807) is 13.1 Å². The van der Waals surface area contributed by atoms with Crippen molar-refractivity contribution in [3.8, 4) is 0 Å². The maximum atomic E-state index is 12.7. The number of aromatic nitrogens is 2. The number of Topliss-reactive ketones (excluding diaryl/α,β-unsaturated/α-hetero) is 2. The molecule has 3 atom stereocenters. The van der Waals surface area contributed by atoms with Crippen molar-refractivity contribution < 1.29 is 48.0 Å². The molecular formula is C46H83N5O10. The van der Waals surface area contributed by atoms with Crippen molar-refractivity contribution in [3.63, 3.8) is 0 Å². The second-order valence-corrected chi connectivity index (χ2v) is 16.3. The number of carboxylic acids is 1. The van der Waals surface area contributed by atoms with Crippen LogP contribution < -0.4 is 16.4 Å². The smallest absolute Gasteiger partial charge is 0.306 e. The molecule has 0 saturated heterocycles. The third-order valence-corrected chi connectivity index (χ3v) is 10.7. The van der Waals surface area contributed by atoms with Gasteiger partial charge in [0, 0.05) is 56.8 Å². The molecule has 0 aliphatic carbocycles. The van der Waals surface area contributed by atoms with Gasteiger partial charge >= 0.3 is 5.97 Å². The highest BCUT2D eigenvalue weighted by molar-refractivity contribution is 5.86. The number of aromatic amines is 1. The van der Waals surface area contributed by atoms with Crippen molar-refractivity contribution in [3.05, 3.63) is 18.2 Å². The van der Waals surface area contributed by atoms with E-state index >= 15 is 0 Å². The lowest BCUT2D eigenvalue weighted by molar-refractivity contribution is -0.143. The highest BCUT2D eigenvalue weighted by Crippen LogP contribution is 2.21. The second-order valence-electron chi connectivity index (χ2n) is 16.3. The van der Waals surface area contributed by atoms with E-state index in [2.05, 4.69) is 27.5 Å². The molecule has 0 aromatic carbocycles. The Kier molecular flexibility index (Phi) is 36.2. The molecule has 0 aliphatic rings. The fraction of sp³-hybridized carbons (Fsp3) is 0.826. The summed E-state index contributed by atoms with van der Waals surface area (Å²) in [5, 5.41) is 15.1. The summed E-state index contributed by atoms with van der Waals surface area (Å²) in [7, 11) is 0. The van der Waals surface area contributed by atoms with Crippen molar-refractivity contribution in [2.24, 2.45) is 17.6 Å². The number of carbonyl (C=O) groups excluding carboxylic acids is 4. The summed E-state index contributed by atoms with van der Waals surface area (Å²) in [6.07, 6.45) is 26.9. The van der Waals surface area contributed by atoms with Gasteiger partial charge in [0.2, 0.25) is 11.8 Å². The predicted molar refractivity (Wildman–Crippen MR) is 237 cm³/mol. The van der Waals surface area contributed by atoms with Gasteiger partial charge in [-0.25, -0.2) is 4.98 Å². The number of H-pyrrole nitrogens is 1. The third kappa shape index (κ3) is 34.0. The number of carbonyl (C=O) groups is 5. The van der Waals surface area contributed by atoms with Crippen LogP contribution in [0, 0.1) is 11.8 Å². The van der Waals surface area contributed by atoms with Crippen LogP contribution >= 0.6 is 0 Å². The number of nitrogens with zero attached hydrogens (tertiary/aromatic N) is 1. The minimum Gasteiger partial charge on any atom is -0.481 e. The molecule has 0 bridgehead atoms. The van der Waals surface area contributed by atoms with E-state index in [-0.39, 0.29) is 57.1 Å². The number of aliphatic carboxylic acids is 1. The van der Waals surface area contributed by atoms with E-state index in [0.29, 0.717) is 83.6 Å². The number of amides is 2. The van der Waals surface area contributed by atoms with Gasteiger partial charge in [-0.1, -0.05) is 110 Å². The Morgan fingerprint density at radius 2 is 1.20 bits per heavy atom. The van der Waals surface area contributed by atoms with Crippen LogP contribution in [0.2, 0.25) is 0 Å². The minimum atomic E-state index is -0.952. The van der Waals surface area contributed by atoms with Gasteiger partial charge in [0.05, 0.1) is 51.3 Å². The Hall–Kier alpha value is -3.24. The predicted octanol–water partition coefficient (Wildman–Crippen LogP) is 6.66. The normalized spacial score (nSPS) is 12.8. The summed E-state index contributed by atoms with van der Waals surface area (Å²) in [6, 6.07) is -0.732. The Labute approximate surface area is 366 Å². The molecule has 2 amide bonds. The molecule has 0 fully saturated rings. The molecule has 15 nitrogen and oxygen atoms in total. The number of carboxylic acid groups (broad SMARTS) is 1. The molecule has 6 N–H and O–H groups in total. The lowest BCUT2D eigenvalue weighted by atomic mass is 9.86. The van der Waals surface area contributed by atoms with Gasteiger partial charge in [-0.3, -0.25) is 24.0 Å². The van der Waals surface area contributed by atoms with Gasteiger partial charge in [0.1, 0.15) is 19.0 Å². The van der Waals surface area contributed by atoms with Gasteiger partial charge in [-0.15, -0.1) is 0 Å². The summed E-state index contributed by atoms with van der Waals surface area (Å²) >= 11 is 0. The van der Waals surface area contributed by atoms with E-state index in [4.69, 9.17) is 24.7 Å². The van der Waals surface area contributed by atoms with Gasteiger partial charge in [0.25, 0.3) is 0 Å². The van der Waals surface area contributed by atoms with E-state index in [1.807, 2.05) is 0 Å². The second kappa shape index (κ2) is 39.6. The Morgan fingerprint density at radius 3 is 1.75 bits per heavy atom. The quantitative estimate of drug-likeness (QED) is 0.0435. The molecule has 0 radical (unpaired) electrons. The number of ketones is 2. The number of hydrogen-bond acceptors (Lipinski definition) is 11. The lowest BCUT2D eigenvalue weighted by Gasteiger charge is -2.19. The topological polar surface area (TPSA) is 221 Å². The average Bonchev–Trinajstić information content (AvgIpc) is 3.76. The SMILES string of the molecule is CCCCCCCCCCCCCCCCCC(=O)CCCOCCOCC(=O)NCCOCCOCC(=O)NCCCC[C@H](CC(C)C(=O)[C@@H](N)Cc1cnc[nH]1)C(=O)O. The molecule has 1 rings (SSSR count). The molecule has 0 aliphatic heterocycles. The molecule has 1 unspecified atom stereocenters. The third-order valence-electron chi connectivity index (χ3n) is 10.7. The van der Waals surface area contributed by atoms with Crippen LogP contribution in [-0.2, 0) is 49.3 Å². The number of nitrogens with one attached hydrogen (secondary N) is 3. The summed E-state index contributed by atoms with van der Waals surface area (Å²) in [6.45, 7) is 6.36. The summed E-state index contributed by atoms with van der Waals surface area (Å²) in [5.41, 5.74) is 6.79. The minimum absolute atomic E-state index is 0.0807. The number of ether oxygens (including phenoxy) is 4. The van der Waals surface area contributed by atoms with Crippen LogP contribution in [0.25, 0.3) is 0 Å². The highest BCUT2D eigenvalue weighted by Gasteiger charge is 2.27. The lowest BCUT2D eigenvalue weighted by Crippen LogP contribution is -2.37. The highest BCUT2D eigenvalue weighted by atomic mass is 16.5. The van der Waals surface area contributed by atoms with Crippen LogP contribution in [0.5, 0.6) is 0 Å². The van der Waals surface area contributed by atoms with Gasteiger partial charge < -0.3 is 45.4 Å². The zero-order valence-corrected chi connectivity index (χ0v) is 37.9.